The molecule has 0 aliphatic carbocycles. The van der Waals surface area contributed by atoms with E-state index >= 15 is 0 Å². The van der Waals surface area contributed by atoms with Crippen molar-refractivity contribution in [3.8, 4) is 5.75 Å². The lowest BCUT2D eigenvalue weighted by molar-refractivity contribution is -0.120. The predicted octanol–water partition coefficient (Wildman–Crippen LogP) is 1.99. The molecule has 0 bridgehead atoms. The highest BCUT2D eigenvalue weighted by atomic mass is 16.5. The van der Waals surface area contributed by atoms with Crippen molar-refractivity contribution in [1.29, 1.82) is 0 Å². The van der Waals surface area contributed by atoms with E-state index in [4.69, 9.17) is 4.74 Å². The van der Waals surface area contributed by atoms with Crippen molar-refractivity contribution in [2.75, 3.05) is 26.7 Å². The molecular formula is C16H26N2O2. The van der Waals surface area contributed by atoms with E-state index in [0.29, 0.717) is 12.5 Å². The predicted molar refractivity (Wildman–Crippen MR) is 82.0 cm³/mol. The van der Waals surface area contributed by atoms with Crippen LogP contribution in [0.5, 0.6) is 5.75 Å². The highest BCUT2D eigenvalue weighted by molar-refractivity contribution is 5.77. The molecule has 0 saturated heterocycles. The number of hydrogen-bond donors (Lipinski definition) is 2. The first-order chi connectivity index (χ1) is 9.61. The summed E-state index contributed by atoms with van der Waals surface area (Å²) in [6.45, 7) is 6.22. The summed E-state index contributed by atoms with van der Waals surface area (Å²) < 4.78 is 5.18. The van der Waals surface area contributed by atoms with E-state index in [9.17, 15) is 4.79 Å². The summed E-state index contributed by atoms with van der Waals surface area (Å²) in [7, 11) is 1.67. The number of benzene rings is 1. The van der Waals surface area contributed by atoms with Crippen LogP contribution < -0.4 is 15.4 Å². The van der Waals surface area contributed by atoms with Crippen molar-refractivity contribution in [2.45, 2.75) is 26.7 Å². The van der Waals surface area contributed by atoms with Gasteiger partial charge >= 0.3 is 0 Å². The van der Waals surface area contributed by atoms with E-state index < -0.39 is 0 Å². The number of amides is 1. The zero-order chi connectivity index (χ0) is 14.8. The van der Waals surface area contributed by atoms with Gasteiger partial charge in [0.25, 0.3) is 0 Å². The molecule has 0 unspecified atom stereocenters. The third-order valence-electron chi connectivity index (χ3n) is 3.05. The average molecular weight is 278 g/mol. The first-order valence-electron chi connectivity index (χ1n) is 7.22. The Morgan fingerprint density at radius 2 is 2.10 bits per heavy atom. The van der Waals surface area contributed by atoms with E-state index in [2.05, 4.69) is 30.5 Å². The van der Waals surface area contributed by atoms with Gasteiger partial charge in [-0.1, -0.05) is 26.0 Å². The smallest absolute Gasteiger partial charge is 0.233 e. The zero-order valence-electron chi connectivity index (χ0n) is 12.7. The Morgan fingerprint density at radius 1 is 1.30 bits per heavy atom. The minimum absolute atomic E-state index is 0.0660. The van der Waals surface area contributed by atoms with E-state index in [1.165, 1.54) is 5.56 Å². The quantitative estimate of drug-likeness (QED) is 0.679. The number of hydrogen-bond acceptors (Lipinski definition) is 3. The molecule has 2 N–H and O–H groups in total. The monoisotopic (exact) mass is 278 g/mol. The van der Waals surface area contributed by atoms with Crippen LogP contribution in [0.15, 0.2) is 24.3 Å². The minimum Gasteiger partial charge on any atom is -0.497 e. The lowest BCUT2D eigenvalue weighted by atomic mass is 10.1. The third kappa shape index (κ3) is 7.14. The van der Waals surface area contributed by atoms with Gasteiger partial charge in [-0.2, -0.15) is 0 Å². The summed E-state index contributed by atoms with van der Waals surface area (Å²) in [6, 6.07) is 7.99. The van der Waals surface area contributed by atoms with Gasteiger partial charge in [-0.25, -0.2) is 0 Å². The molecule has 0 saturated carbocycles. The van der Waals surface area contributed by atoms with E-state index in [-0.39, 0.29) is 5.91 Å². The maximum absolute atomic E-state index is 11.5. The maximum atomic E-state index is 11.5. The first kappa shape index (κ1) is 16.5. The minimum atomic E-state index is 0.0660. The number of carbonyl (C=O) groups excluding carboxylic acids is 1. The van der Waals surface area contributed by atoms with Gasteiger partial charge in [-0.15, -0.1) is 0 Å². The molecule has 20 heavy (non-hydrogen) atoms. The van der Waals surface area contributed by atoms with Crippen LogP contribution >= 0.6 is 0 Å². The molecule has 0 aromatic heterocycles. The number of nitrogens with one attached hydrogen (secondary N) is 2. The van der Waals surface area contributed by atoms with Crippen molar-refractivity contribution in [2.24, 2.45) is 5.92 Å². The van der Waals surface area contributed by atoms with Gasteiger partial charge in [0.15, 0.2) is 0 Å². The number of ether oxygens (including phenoxy) is 1. The zero-order valence-corrected chi connectivity index (χ0v) is 12.7. The lowest BCUT2D eigenvalue weighted by Gasteiger charge is -2.08. The molecule has 0 aliphatic heterocycles. The molecule has 1 aromatic carbocycles. The molecular weight excluding hydrogens is 252 g/mol. The Balaban J connectivity index is 2.13. The van der Waals surface area contributed by atoms with Gasteiger partial charge < -0.3 is 15.4 Å². The van der Waals surface area contributed by atoms with Gasteiger partial charge in [0.2, 0.25) is 5.91 Å². The standard InChI is InChI=1S/C16H26N2O2/c1-13(2)7-10-18-16(19)12-17-9-8-14-5-4-6-15(11-14)20-3/h4-6,11,13,17H,7-10,12H2,1-3H3,(H,18,19). The Morgan fingerprint density at radius 3 is 2.80 bits per heavy atom. The number of carbonyl (C=O) groups is 1. The second-order valence-electron chi connectivity index (χ2n) is 5.31. The van der Waals surface area contributed by atoms with Crippen LogP contribution in [0, 0.1) is 5.92 Å². The van der Waals surface area contributed by atoms with Gasteiger partial charge in [0.1, 0.15) is 5.75 Å². The largest absolute Gasteiger partial charge is 0.497 e. The summed E-state index contributed by atoms with van der Waals surface area (Å²) in [6.07, 6.45) is 1.91. The molecule has 0 radical (unpaired) electrons. The highest BCUT2D eigenvalue weighted by Gasteiger charge is 2.01. The van der Waals surface area contributed by atoms with Crippen LogP contribution in [0.25, 0.3) is 0 Å². The average Bonchev–Trinajstić information content (AvgIpc) is 2.43. The molecule has 0 fully saturated rings. The van der Waals surface area contributed by atoms with Crippen LogP contribution in [0.3, 0.4) is 0 Å². The summed E-state index contributed by atoms with van der Waals surface area (Å²) in [5.41, 5.74) is 1.21. The summed E-state index contributed by atoms with van der Waals surface area (Å²) in [5, 5.41) is 6.07. The molecule has 1 amide bonds. The van der Waals surface area contributed by atoms with Crippen molar-refractivity contribution in [3.63, 3.8) is 0 Å². The normalized spacial score (nSPS) is 10.6. The van der Waals surface area contributed by atoms with E-state index in [1.54, 1.807) is 7.11 Å². The lowest BCUT2D eigenvalue weighted by Crippen LogP contribution is -2.35. The van der Waals surface area contributed by atoms with Gasteiger partial charge in [0, 0.05) is 6.54 Å². The molecule has 112 valence electrons. The Hall–Kier alpha value is -1.55. The highest BCUT2D eigenvalue weighted by Crippen LogP contribution is 2.12. The van der Waals surface area contributed by atoms with Crippen LogP contribution in [-0.2, 0) is 11.2 Å². The molecule has 4 nitrogen and oxygen atoms in total. The molecule has 0 aliphatic rings. The number of rotatable bonds is 9. The topological polar surface area (TPSA) is 50.4 Å². The second-order valence-corrected chi connectivity index (χ2v) is 5.31. The van der Waals surface area contributed by atoms with Crippen molar-refractivity contribution < 1.29 is 9.53 Å². The maximum Gasteiger partial charge on any atom is 0.233 e. The fourth-order valence-corrected chi connectivity index (χ4v) is 1.83. The first-order valence-corrected chi connectivity index (χ1v) is 7.22. The van der Waals surface area contributed by atoms with E-state index in [1.807, 2.05) is 18.2 Å². The van der Waals surface area contributed by atoms with E-state index in [0.717, 1.165) is 31.7 Å². The van der Waals surface area contributed by atoms with Crippen molar-refractivity contribution in [3.05, 3.63) is 29.8 Å². The Kier molecular flexibility index (Phi) is 7.73. The van der Waals surface area contributed by atoms with Crippen LogP contribution in [0.2, 0.25) is 0 Å². The van der Waals surface area contributed by atoms with Gasteiger partial charge in [-0.05, 0) is 43.0 Å². The number of methoxy groups -OCH3 is 1. The summed E-state index contributed by atoms with van der Waals surface area (Å²) in [5.74, 6) is 1.56. The molecule has 1 aromatic rings. The molecule has 0 spiro atoms. The van der Waals surface area contributed by atoms with Gasteiger partial charge in [0.05, 0.1) is 13.7 Å². The SMILES string of the molecule is COc1cccc(CCNCC(=O)NCCC(C)C)c1. The van der Waals surface area contributed by atoms with Crippen molar-refractivity contribution in [1.82, 2.24) is 10.6 Å². The molecule has 1 rings (SSSR count). The Labute approximate surface area is 121 Å². The summed E-state index contributed by atoms with van der Waals surface area (Å²) >= 11 is 0. The Bertz CT molecular complexity index is 405. The summed E-state index contributed by atoms with van der Waals surface area (Å²) in [4.78, 5) is 11.5. The van der Waals surface area contributed by atoms with Gasteiger partial charge in [-0.3, -0.25) is 4.79 Å². The molecule has 4 heteroatoms. The van der Waals surface area contributed by atoms with Crippen LogP contribution in [0.4, 0.5) is 0 Å². The fourth-order valence-electron chi connectivity index (χ4n) is 1.83. The van der Waals surface area contributed by atoms with Crippen LogP contribution in [-0.4, -0.2) is 32.7 Å². The third-order valence-corrected chi connectivity index (χ3v) is 3.05. The van der Waals surface area contributed by atoms with Crippen LogP contribution in [0.1, 0.15) is 25.8 Å². The fraction of sp³-hybridized carbons (Fsp3) is 0.562. The second kappa shape index (κ2) is 9.37. The van der Waals surface area contributed by atoms with Crippen molar-refractivity contribution >= 4 is 5.91 Å². The molecule has 0 heterocycles. The molecule has 0 atom stereocenters.